The largest absolute Gasteiger partial charge is 0.307 e. The van der Waals surface area contributed by atoms with Crippen LogP contribution in [0.5, 0.6) is 0 Å². The molecule has 0 bridgehead atoms. The van der Waals surface area contributed by atoms with Crippen molar-refractivity contribution in [2.24, 2.45) is 11.8 Å². The Hall–Kier alpha value is -0.820. The molecule has 1 aliphatic rings. The molecule has 0 aliphatic heterocycles. The molecule has 1 N–H and O–H groups in total. The van der Waals surface area contributed by atoms with Gasteiger partial charge in [0.15, 0.2) is 0 Å². The maximum Gasteiger partial charge on any atom is 0.0294 e. The summed E-state index contributed by atoms with van der Waals surface area (Å²) in [7, 11) is 0. The fourth-order valence-corrected chi connectivity index (χ4v) is 3.47. The maximum atomic E-state index is 3.85. The average Bonchev–Trinajstić information content (AvgIpc) is 2.65. The molecule has 2 unspecified atom stereocenters. The summed E-state index contributed by atoms with van der Waals surface area (Å²) in [6, 6.07) is 10.1. The van der Waals surface area contributed by atoms with Crippen LogP contribution in [0.2, 0.25) is 0 Å². The molecule has 0 saturated heterocycles. The molecule has 20 heavy (non-hydrogen) atoms. The first-order valence-electron chi connectivity index (χ1n) is 8.39. The van der Waals surface area contributed by atoms with E-state index in [1.54, 1.807) is 0 Å². The Morgan fingerprint density at radius 1 is 0.950 bits per heavy atom. The van der Waals surface area contributed by atoms with Crippen molar-refractivity contribution >= 4 is 0 Å². The minimum Gasteiger partial charge on any atom is -0.307 e. The third kappa shape index (κ3) is 4.34. The summed E-state index contributed by atoms with van der Waals surface area (Å²) in [5, 5.41) is 3.85. The summed E-state index contributed by atoms with van der Waals surface area (Å²) < 4.78 is 0. The fraction of sp³-hybridized carbons (Fsp3) is 0.684. The summed E-state index contributed by atoms with van der Waals surface area (Å²) in [4.78, 5) is 0. The molecule has 0 spiro atoms. The SMILES string of the molecule is Cc1ccc([C@H](C)NC2CCCC(C(C)C)CC2)cc1. The van der Waals surface area contributed by atoms with Gasteiger partial charge in [-0.3, -0.25) is 0 Å². The summed E-state index contributed by atoms with van der Waals surface area (Å²) in [5.74, 6) is 1.79. The highest BCUT2D eigenvalue weighted by atomic mass is 14.9. The van der Waals surface area contributed by atoms with Gasteiger partial charge in [-0.15, -0.1) is 0 Å². The lowest BCUT2D eigenvalue weighted by Gasteiger charge is -2.23. The molecule has 1 aliphatic carbocycles. The predicted molar refractivity (Wildman–Crippen MR) is 87.9 cm³/mol. The Morgan fingerprint density at radius 3 is 2.30 bits per heavy atom. The van der Waals surface area contributed by atoms with Gasteiger partial charge in [-0.2, -0.15) is 0 Å². The second-order valence-corrected chi connectivity index (χ2v) is 7.01. The number of aryl methyl sites for hydroxylation is 1. The van der Waals surface area contributed by atoms with Crippen LogP contribution in [0.15, 0.2) is 24.3 Å². The van der Waals surface area contributed by atoms with Crippen LogP contribution < -0.4 is 5.32 Å². The van der Waals surface area contributed by atoms with E-state index >= 15 is 0 Å². The molecule has 1 saturated carbocycles. The Labute approximate surface area is 125 Å². The summed E-state index contributed by atoms with van der Waals surface area (Å²) in [5.41, 5.74) is 2.76. The van der Waals surface area contributed by atoms with Gasteiger partial charge in [-0.05, 0) is 50.5 Å². The van der Waals surface area contributed by atoms with E-state index in [4.69, 9.17) is 0 Å². The zero-order chi connectivity index (χ0) is 14.5. The van der Waals surface area contributed by atoms with Gasteiger partial charge in [0.05, 0.1) is 0 Å². The molecule has 0 aromatic heterocycles. The molecule has 2 rings (SSSR count). The number of hydrogen-bond donors (Lipinski definition) is 1. The minimum absolute atomic E-state index is 0.469. The maximum absolute atomic E-state index is 3.85. The van der Waals surface area contributed by atoms with Gasteiger partial charge < -0.3 is 5.32 Å². The normalized spacial score (nSPS) is 25.4. The van der Waals surface area contributed by atoms with Crippen molar-refractivity contribution in [3.63, 3.8) is 0 Å². The van der Waals surface area contributed by atoms with E-state index in [-0.39, 0.29) is 0 Å². The van der Waals surface area contributed by atoms with Crippen LogP contribution in [0.25, 0.3) is 0 Å². The first-order valence-corrected chi connectivity index (χ1v) is 8.39. The van der Waals surface area contributed by atoms with E-state index in [0.717, 1.165) is 11.8 Å². The molecule has 0 amide bonds. The Bertz CT molecular complexity index is 393. The lowest BCUT2D eigenvalue weighted by molar-refractivity contribution is 0.335. The fourth-order valence-electron chi connectivity index (χ4n) is 3.47. The molecule has 1 fully saturated rings. The molecule has 1 aromatic rings. The minimum atomic E-state index is 0.469. The summed E-state index contributed by atoms with van der Waals surface area (Å²) in [6.45, 7) is 9.22. The van der Waals surface area contributed by atoms with E-state index in [1.165, 1.54) is 43.2 Å². The van der Waals surface area contributed by atoms with Crippen LogP contribution in [0.3, 0.4) is 0 Å². The van der Waals surface area contributed by atoms with Crippen LogP contribution in [0.4, 0.5) is 0 Å². The van der Waals surface area contributed by atoms with Crippen molar-refractivity contribution in [3.8, 4) is 0 Å². The van der Waals surface area contributed by atoms with Crippen LogP contribution >= 0.6 is 0 Å². The van der Waals surface area contributed by atoms with E-state index < -0.39 is 0 Å². The highest BCUT2D eigenvalue weighted by Gasteiger charge is 2.22. The van der Waals surface area contributed by atoms with Gasteiger partial charge >= 0.3 is 0 Å². The lowest BCUT2D eigenvalue weighted by atomic mass is 9.89. The Morgan fingerprint density at radius 2 is 1.65 bits per heavy atom. The molecule has 112 valence electrons. The summed E-state index contributed by atoms with van der Waals surface area (Å²) >= 11 is 0. The third-order valence-corrected chi connectivity index (χ3v) is 5.02. The summed E-state index contributed by atoms with van der Waals surface area (Å²) in [6.07, 6.45) is 6.91. The lowest BCUT2D eigenvalue weighted by Crippen LogP contribution is -2.31. The quantitative estimate of drug-likeness (QED) is 0.739. The van der Waals surface area contributed by atoms with E-state index in [1.807, 2.05) is 0 Å². The van der Waals surface area contributed by atoms with E-state index in [9.17, 15) is 0 Å². The van der Waals surface area contributed by atoms with Crippen molar-refractivity contribution in [3.05, 3.63) is 35.4 Å². The van der Waals surface area contributed by atoms with Gasteiger partial charge in [0.2, 0.25) is 0 Å². The third-order valence-electron chi connectivity index (χ3n) is 5.02. The van der Waals surface area contributed by atoms with Gasteiger partial charge in [0.25, 0.3) is 0 Å². The molecule has 1 heteroatoms. The first kappa shape index (κ1) is 15.6. The number of hydrogen-bond acceptors (Lipinski definition) is 1. The van der Waals surface area contributed by atoms with Crippen LogP contribution in [0, 0.1) is 18.8 Å². The van der Waals surface area contributed by atoms with Gasteiger partial charge in [-0.1, -0.05) is 56.5 Å². The van der Waals surface area contributed by atoms with E-state index in [0.29, 0.717) is 12.1 Å². The van der Waals surface area contributed by atoms with Crippen molar-refractivity contribution in [2.75, 3.05) is 0 Å². The highest BCUT2D eigenvalue weighted by Crippen LogP contribution is 2.29. The van der Waals surface area contributed by atoms with Gasteiger partial charge in [0, 0.05) is 12.1 Å². The zero-order valence-corrected chi connectivity index (χ0v) is 13.7. The molecule has 0 heterocycles. The molecule has 1 aromatic carbocycles. The monoisotopic (exact) mass is 273 g/mol. The predicted octanol–water partition coefficient (Wildman–Crippen LogP) is 5.25. The Kier molecular flexibility index (Phi) is 5.65. The standard InChI is InChI=1S/C19H31N/c1-14(2)17-6-5-7-19(13-12-17)20-16(4)18-10-8-15(3)9-11-18/h8-11,14,16-17,19-20H,5-7,12-13H2,1-4H3/t16-,17?,19?/m0/s1. The number of rotatable bonds is 4. The number of benzene rings is 1. The van der Waals surface area contributed by atoms with E-state index in [2.05, 4.69) is 57.3 Å². The second-order valence-electron chi connectivity index (χ2n) is 7.01. The molecule has 1 nitrogen and oxygen atoms in total. The van der Waals surface area contributed by atoms with Crippen LogP contribution in [0.1, 0.15) is 70.0 Å². The second kappa shape index (κ2) is 7.26. The number of nitrogens with one attached hydrogen (secondary N) is 1. The van der Waals surface area contributed by atoms with Gasteiger partial charge in [-0.25, -0.2) is 0 Å². The van der Waals surface area contributed by atoms with Crippen LogP contribution in [-0.4, -0.2) is 6.04 Å². The zero-order valence-electron chi connectivity index (χ0n) is 13.7. The Balaban J connectivity index is 1.88. The first-order chi connectivity index (χ1) is 9.56. The molecule has 3 atom stereocenters. The van der Waals surface area contributed by atoms with Gasteiger partial charge in [0.1, 0.15) is 0 Å². The smallest absolute Gasteiger partial charge is 0.0294 e. The average molecular weight is 273 g/mol. The van der Waals surface area contributed by atoms with Crippen molar-refractivity contribution < 1.29 is 0 Å². The van der Waals surface area contributed by atoms with Crippen LogP contribution in [-0.2, 0) is 0 Å². The molecular formula is C19H31N. The highest BCUT2D eigenvalue weighted by molar-refractivity contribution is 5.23. The van der Waals surface area contributed by atoms with Crippen molar-refractivity contribution in [1.82, 2.24) is 5.32 Å². The molecular weight excluding hydrogens is 242 g/mol. The topological polar surface area (TPSA) is 12.0 Å². The van der Waals surface area contributed by atoms with Crippen molar-refractivity contribution in [1.29, 1.82) is 0 Å². The molecule has 0 radical (unpaired) electrons. The van der Waals surface area contributed by atoms with Crippen molar-refractivity contribution in [2.45, 2.75) is 71.9 Å².